The van der Waals surface area contributed by atoms with Gasteiger partial charge in [0.1, 0.15) is 11.8 Å². The van der Waals surface area contributed by atoms with Gasteiger partial charge in [0.15, 0.2) is 0 Å². The van der Waals surface area contributed by atoms with Crippen molar-refractivity contribution in [2.24, 2.45) is 0 Å². The van der Waals surface area contributed by atoms with Crippen LogP contribution in [0.25, 0.3) is 11.0 Å². The molecular weight excluding hydrogens is 425 g/mol. The number of aromatic amines is 1. The largest absolute Gasteiger partial charge is 0.416 e. The Hall–Kier alpha value is -3.40. The Kier molecular flexibility index (Phi) is 6.83. The Bertz CT molecular complexity index is 1190. The number of aromatic nitrogens is 2. The van der Waals surface area contributed by atoms with E-state index >= 15 is 0 Å². The van der Waals surface area contributed by atoms with E-state index in [4.69, 9.17) is 0 Å². The van der Waals surface area contributed by atoms with Crippen LogP contribution in [0.15, 0.2) is 41.2 Å². The second-order valence-electron chi connectivity index (χ2n) is 7.45. The first-order valence-corrected chi connectivity index (χ1v) is 9.94. The van der Waals surface area contributed by atoms with Crippen molar-refractivity contribution in [3.05, 3.63) is 69.1 Å². The zero-order valence-electron chi connectivity index (χ0n) is 17.5. The SMILES string of the molecule is Cc1nc2c(CCNC(=O)[C@@H](C)O)cc(NCc3cccc(C(F)(F)F)c3)cc2[nH]c1=O. The van der Waals surface area contributed by atoms with Gasteiger partial charge in [0.2, 0.25) is 5.91 Å². The van der Waals surface area contributed by atoms with Crippen LogP contribution in [0.1, 0.15) is 29.3 Å². The van der Waals surface area contributed by atoms with Crippen molar-refractivity contribution in [1.82, 2.24) is 15.3 Å². The Labute approximate surface area is 181 Å². The maximum Gasteiger partial charge on any atom is 0.416 e. The van der Waals surface area contributed by atoms with Crippen LogP contribution in [0.4, 0.5) is 18.9 Å². The number of rotatable bonds is 7. The summed E-state index contributed by atoms with van der Waals surface area (Å²) in [4.78, 5) is 30.7. The zero-order chi connectivity index (χ0) is 23.5. The number of amides is 1. The number of benzene rings is 2. The summed E-state index contributed by atoms with van der Waals surface area (Å²) in [6.07, 6.45) is -5.19. The molecule has 32 heavy (non-hydrogen) atoms. The molecule has 0 spiro atoms. The van der Waals surface area contributed by atoms with Crippen LogP contribution < -0.4 is 16.2 Å². The van der Waals surface area contributed by atoms with Gasteiger partial charge >= 0.3 is 6.18 Å². The Morgan fingerprint density at radius 2 is 2.00 bits per heavy atom. The number of aliphatic hydroxyl groups excluding tert-OH is 1. The molecule has 1 amide bonds. The van der Waals surface area contributed by atoms with E-state index < -0.39 is 23.8 Å². The second-order valence-corrected chi connectivity index (χ2v) is 7.45. The number of aryl methyl sites for hydroxylation is 1. The van der Waals surface area contributed by atoms with Crippen molar-refractivity contribution < 1.29 is 23.1 Å². The number of carbonyl (C=O) groups excluding carboxylic acids is 1. The second kappa shape index (κ2) is 9.39. The molecule has 0 radical (unpaired) electrons. The molecule has 10 heteroatoms. The Balaban J connectivity index is 1.86. The highest BCUT2D eigenvalue weighted by Gasteiger charge is 2.30. The van der Waals surface area contributed by atoms with Crippen molar-refractivity contribution >= 4 is 22.6 Å². The standard InChI is InChI=1S/C22H23F3N4O3/c1-12-20(31)29-18-10-17(27-11-14-4-3-5-16(8-14)22(23,24)25)9-15(19(18)28-12)6-7-26-21(32)13(2)30/h3-5,8-10,13,27,30H,6-7,11H2,1-2H3,(H,26,32)(H,29,31)/t13-/m1/s1. The summed E-state index contributed by atoms with van der Waals surface area (Å²) in [6.45, 7) is 3.31. The number of fused-ring (bicyclic) bond motifs is 1. The fraction of sp³-hybridized carbons (Fsp3) is 0.318. The van der Waals surface area contributed by atoms with Crippen LogP contribution in [0.2, 0.25) is 0 Å². The minimum absolute atomic E-state index is 0.136. The summed E-state index contributed by atoms with van der Waals surface area (Å²) in [5.41, 5.74) is 1.98. The fourth-order valence-electron chi connectivity index (χ4n) is 3.18. The number of carbonyl (C=O) groups is 1. The van der Waals surface area contributed by atoms with E-state index in [-0.39, 0.29) is 24.3 Å². The molecule has 0 aliphatic rings. The lowest BCUT2D eigenvalue weighted by Gasteiger charge is -2.14. The van der Waals surface area contributed by atoms with E-state index in [9.17, 15) is 27.9 Å². The molecular formula is C22H23F3N4O3. The maximum absolute atomic E-state index is 12.9. The molecule has 1 atom stereocenters. The monoisotopic (exact) mass is 448 g/mol. The van der Waals surface area contributed by atoms with Crippen molar-refractivity contribution in [3.63, 3.8) is 0 Å². The lowest BCUT2D eigenvalue weighted by Crippen LogP contribution is -2.33. The number of halogens is 3. The number of nitrogens with one attached hydrogen (secondary N) is 3. The van der Waals surface area contributed by atoms with E-state index in [1.807, 2.05) is 0 Å². The van der Waals surface area contributed by atoms with Gasteiger partial charge in [-0.3, -0.25) is 9.59 Å². The highest BCUT2D eigenvalue weighted by atomic mass is 19.4. The molecule has 3 rings (SSSR count). The lowest BCUT2D eigenvalue weighted by molar-refractivity contribution is -0.137. The van der Waals surface area contributed by atoms with Gasteiger partial charge in [-0.15, -0.1) is 0 Å². The third-order valence-electron chi connectivity index (χ3n) is 4.87. The predicted molar refractivity (Wildman–Crippen MR) is 114 cm³/mol. The van der Waals surface area contributed by atoms with Crippen LogP contribution in [0.5, 0.6) is 0 Å². The van der Waals surface area contributed by atoms with E-state index in [1.165, 1.54) is 13.0 Å². The zero-order valence-corrected chi connectivity index (χ0v) is 17.5. The molecule has 4 N–H and O–H groups in total. The van der Waals surface area contributed by atoms with Gasteiger partial charge in [0.05, 0.1) is 16.6 Å². The number of nitrogens with zero attached hydrogens (tertiary/aromatic N) is 1. The van der Waals surface area contributed by atoms with Crippen LogP contribution in [0, 0.1) is 6.92 Å². The summed E-state index contributed by atoms with van der Waals surface area (Å²) < 4.78 is 38.8. The van der Waals surface area contributed by atoms with Gasteiger partial charge in [-0.1, -0.05) is 12.1 Å². The predicted octanol–water partition coefficient (Wildman–Crippen LogP) is 2.90. The molecule has 3 aromatic rings. The van der Waals surface area contributed by atoms with Gasteiger partial charge in [-0.2, -0.15) is 13.2 Å². The van der Waals surface area contributed by atoms with Gasteiger partial charge in [-0.05, 0) is 55.7 Å². The third kappa shape index (κ3) is 5.64. The summed E-state index contributed by atoms with van der Waals surface area (Å²) in [6, 6.07) is 8.46. The van der Waals surface area contributed by atoms with Crippen LogP contribution in [-0.4, -0.2) is 33.6 Å². The molecule has 1 aromatic heterocycles. The quantitative estimate of drug-likeness (QED) is 0.445. The first kappa shape index (κ1) is 23.3. The lowest BCUT2D eigenvalue weighted by atomic mass is 10.1. The highest BCUT2D eigenvalue weighted by molar-refractivity contribution is 5.83. The van der Waals surface area contributed by atoms with Crippen molar-refractivity contribution in [3.8, 4) is 0 Å². The molecule has 0 saturated heterocycles. The molecule has 0 fully saturated rings. The minimum atomic E-state index is -4.42. The first-order chi connectivity index (χ1) is 15.0. The van der Waals surface area contributed by atoms with Crippen LogP contribution in [0.3, 0.4) is 0 Å². The molecule has 1 heterocycles. The summed E-state index contributed by atoms with van der Waals surface area (Å²) in [5, 5.41) is 15.0. The number of hydrogen-bond acceptors (Lipinski definition) is 5. The first-order valence-electron chi connectivity index (χ1n) is 9.94. The highest BCUT2D eigenvalue weighted by Crippen LogP contribution is 2.30. The molecule has 0 aliphatic heterocycles. The molecule has 0 bridgehead atoms. The number of alkyl halides is 3. The normalized spacial score (nSPS) is 12.6. The molecule has 0 aliphatic carbocycles. The van der Waals surface area contributed by atoms with Gasteiger partial charge in [-0.25, -0.2) is 4.98 Å². The number of hydrogen-bond donors (Lipinski definition) is 4. The van der Waals surface area contributed by atoms with E-state index in [0.29, 0.717) is 28.7 Å². The summed E-state index contributed by atoms with van der Waals surface area (Å²) in [5.74, 6) is -0.509. The van der Waals surface area contributed by atoms with Crippen LogP contribution in [-0.2, 0) is 23.9 Å². The average molecular weight is 448 g/mol. The Morgan fingerprint density at radius 3 is 2.69 bits per heavy atom. The fourth-order valence-corrected chi connectivity index (χ4v) is 3.18. The molecule has 7 nitrogen and oxygen atoms in total. The van der Waals surface area contributed by atoms with Crippen molar-refractivity contribution in [2.75, 3.05) is 11.9 Å². The summed E-state index contributed by atoms with van der Waals surface area (Å²) >= 11 is 0. The topological polar surface area (TPSA) is 107 Å². The third-order valence-corrected chi connectivity index (χ3v) is 4.87. The summed E-state index contributed by atoms with van der Waals surface area (Å²) in [7, 11) is 0. The van der Waals surface area contributed by atoms with Gasteiger partial charge in [0.25, 0.3) is 5.56 Å². The number of aliphatic hydroxyl groups is 1. The Morgan fingerprint density at radius 1 is 1.25 bits per heavy atom. The smallest absolute Gasteiger partial charge is 0.384 e. The molecule has 0 unspecified atom stereocenters. The van der Waals surface area contributed by atoms with Crippen LogP contribution >= 0.6 is 0 Å². The van der Waals surface area contributed by atoms with Gasteiger partial charge in [0, 0.05) is 18.8 Å². The van der Waals surface area contributed by atoms with Crippen molar-refractivity contribution in [2.45, 2.75) is 39.1 Å². The molecule has 170 valence electrons. The number of H-pyrrole nitrogens is 1. The maximum atomic E-state index is 12.9. The minimum Gasteiger partial charge on any atom is -0.384 e. The average Bonchev–Trinajstić information content (AvgIpc) is 2.73. The number of anilines is 1. The molecule has 0 saturated carbocycles. The van der Waals surface area contributed by atoms with E-state index in [2.05, 4.69) is 20.6 Å². The van der Waals surface area contributed by atoms with Crippen molar-refractivity contribution in [1.29, 1.82) is 0 Å². The van der Waals surface area contributed by atoms with E-state index in [1.54, 1.807) is 25.1 Å². The van der Waals surface area contributed by atoms with Gasteiger partial charge < -0.3 is 20.7 Å². The molecule has 2 aromatic carbocycles. The van der Waals surface area contributed by atoms with E-state index in [0.717, 1.165) is 17.7 Å².